The number of nitrogens with one attached hydrogen (secondary N) is 2. The Hall–Kier alpha value is -4.34. The Balaban J connectivity index is 1.30. The summed E-state index contributed by atoms with van der Waals surface area (Å²) in [6.07, 6.45) is 3.37. The van der Waals surface area contributed by atoms with E-state index in [0.717, 1.165) is 42.1 Å². The number of ether oxygens (including phenoxy) is 2. The van der Waals surface area contributed by atoms with E-state index in [1.54, 1.807) is 24.9 Å². The van der Waals surface area contributed by atoms with Crippen molar-refractivity contribution in [3.05, 3.63) is 65.9 Å². The number of benzene rings is 2. The zero-order valence-corrected chi connectivity index (χ0v) is 27.5. The van der Waals surface area contributed by atoms with Gasteiger partial charge in [-0.1, -0.05) is 30.3 Å². The highest BCUT2D eigenvalue weighted by atomic mass is 16.6. The number of esters is 1. The number of anilines is 1. The number of fused-ring (bicyclic) bond motifs is 1. The highest BCUT2D eigenvalue weighted by Crippen LogP contribution is 2.39. The first-order valence-electron chi connectivity index (χ1n) is 16.3. The lowest BCUT2D eigenvalue weighted by atomic mass is 9.81. The van der Waals surface area contributed by atoms with E-state index >= 15 is 0 Å². The zero-order chi connectivity index (χ0) is 33.0. The fourth-order valence-corrected chi connectivity index (χ4v) is 6.76. The van der Waals surface area contributed by atoms with Crippen molar-refractivity contribution in [3.63, 3.8) is 0 Å². The molecular weight excluding hydrogens is 584 g/mol. The maximum Gasteiger partial charge on any atom is 0.407 e. The minimum Gasteiger partial charge on any atom is -0.461 e. The molecular formula is C36H46N4O6. The SMILES string of the molecule is CCOC(=O)c1cc2cc(N(C)C(=O)C3C(c4ccccc4)CCN3C(=O)[C@H]3CC[C@H](CNC(=O)OC(C)(C)C)CC3)ccc2[nH]1. The third kappa shape index (κ3) is 7.54. The number of carbonyl (C=O) groups excluding carboxylic acids is 4. The van der Waals surface area contributed by atoms with Crippen molar-refractivity contribution in [2.75, 3.05) is 31.6 Å². The van der Waals surface area contributed by atoms with Gasteiger partial charge >= 0.3 is 12.1 Å². The highest BCUT2D eigenvalue weighted by Gasteiger charge is 2.45. The number of rotatable bonds is 8. The number of hydrogen-bond donors (Lipinski definition) is 2. The van der Waals surface area contributed by atoms with Gasteiger partial charge in [0.15, 0.2) is 0 Å². The maximum absolute atomic E-state index is 14.4. The van der Waals surface area contributed by atoms with Crippen LogP contribution >= 0.6 is 0 Å². The van der Waals surface area contributed by atoms with E-state index in [1.807, 2.05) is 74.2 Å². The molecule has 1 saturated heterocycles. The van der Waals surface area contributed by atoms with E-state index < -0.39 is 23.7 Å². The van der Waals surface area contributed by atoms with Crippen molar-refractivity contribution in [1.29, 1.82) is 0 Å². The Morgan fingerprint density at radius 2 is 1.70 bits per heavy atom. The number of carbonyl (C=O) groups is 4. The Kier molecular flexibility index (Phi) is 10.0. The fraction of sp³-hybridized carbons (Fsp3) is 0.500. The Morgan fingerprint density at radius 3 is 2.37 bits per heavy atom. The minimum atomic E-state index is -0.636. The molecule has 1 aliphatic carbocycles. The molecule has 2 aliphatic rings. The lowest BCUT2D eigenvalue weighted by Gasteiger charge is -2.35. The van der Waals surface area contributed by atoms with Crippen molar-refractivity contribution in [2.24, 2.45) is 11.8 Å². The molecule has 2 fully saturated rings. The van der Waals surface area contributed by atoms with Crippen LogP contribution in [0.25, 0.3) is 10.9 Å². The number of likely N-dealkylation sites (tertiary alicyclic amines) is 1. The highest BCUT2D eigenvalue weighted by molar-refractivity contribution is 6.02. The van der Waals surface area contributed by atoms with Crippen molar-refractivity contribution >= 4 is 40.5 Å². The molecule has 1 aliphatic heterocycles. The normalized spacial score (nSPS) is 21.5. The topological polar surface area (TPSA) is 121 Å². The zero-order valence-electron chi connectivity index (χ0n) is 27.5. The van der Waals surface area contributed by atoms with Crippen LogP contribution in [0.3, 0.4) is 0 Å². The van der Waals surface area contributed by atoms with Gasteiger partial charge in [-0.3, -0.25) is 9.59 Å². The van der Waals surface area contributed by atoms with Gasteiger partial charge in [-0.15, -0.1) is 0 Å². The molecule has 0 bridgehead atoms. The summed E-state index contributed by atoms with van der Waals surface area (Å²) in [4.78, 5) is 59.4. The fourth-order valence-electron chi connectivity index (χ4n) is 6.76. The second kappa shape index (κ2) is 14.0. The van der Waals surface area contributed by atoms with Gasteiger partial charge < -0.3 is 29.6 Å². The van der Waals surface area contributed by atoms with Gasteiger partial charge in [0, 0.05) is 48.6 Å². The molecule has 2 heterocycles. The Labute approximate surface area is 270 Å². The molecule has 2 unspecified atom stereocenters. The quantitative estimate of drug-likeness (QED) is 0.294. The van der Waals surface area contributed by atoms with Crippen molar-refractivity contribution < 1.29 is 28.7 Å². The van der Waals surface area contributed by atoms with Gasteiger partial charge in [0.25, 0.3) is 0 Å². The van der Waals surface area contributed by atoms with E-state index in [2.05, 4.69) is 10.3 Å². The third-order valence-electron chi connectivity index (χ3n) is 9.11. The summed E-state index contributed by atoms with van der Waals surface area (Å²) in [5.74, 6) is -0.544. The van der Waals surface area contributed by atoms with Crippen LogP contribution in [-0.4, -0.2) is 72.1 Å². The van der Waals surface area contributed by atoms with Crippen LogP contribution in [0.2, 0.25) is 0 Å². The van der Waals surface area contributed by atoms with Gasteiger partial charge in [0.1, 0.15) is 17.3 Å². The second-order valence-electron chi connectivity index (χ2n) is 13.5. The second-order valence-corrected chi connectivity index (χ2v) is 13.5. The predicted molar refractivity (Wildman–Crippen MR) is 177 cm³/mol. The molecule has 1 saturated carbocycles. The number of H-pyrrole nitrogens is 1. The first kappa shape index (κ1) is 33.0. The van der Waals surface area contributed by atoms with E-state index in [-0.39, 0.29) is 36.2 Å². The number of hydrogen-bond acceptors (Lipinski definition) is 6. The maximum atomic E-state index is 14.4. The standard InChI is InChI=1S/C36H46N4O6/c1-6-45-34(43)30-21-26-20-27(16-17-29(26)38-30)39(5)33(42)31-28(24-10-8-7-9-11-24)18-19-40(31)32(41)25-14-12-23(13-15-25)22-37-35(44)46-36(2,3)4/h7-11,16-17,20-21,23,25,28,31,38H,6,12-15,18-19,22H2,1-5H3,(H,37,44)/t23-,25-,28?,31?. The van der Waals surface area contributed by atoms with Crippen LogP contribution in [0.4, 0.5) is 10.5 Å². The molecule has 2 N–H and O–H groups in total. The molecule has 3 aromatic rings. The summed E-state index contributed by atoms with van der Waals surface area (Å²) in [6, 6.07) is 16.6. The monoisotopic (exact) mass is 630 g/mol. The van der Waals surface area contributed by atoms with E-state index in [9.17, 15) is 19.2 Å². The molecule has 1 aromatic heterocycles. The smallest absolute Gasteiger partial charge is 0.407 e. The van der Waals surface area contributed by atoms with E-state index in [0.29, 0.717) is 30.9 Å². The molecule has 10 heteroatoms. The van der Waals surface area contributed by atoms with Crippen LogP contribution in [-0.2, 0) is 19.1 Å². The van der Waals surface area contributed by atoms with Crippen LogP contribution in [0.1, 0.15) is 81.8 Å². The van der Waals surface area contributed by atoms with Gasteiger partial charge in [-0.2, -0.15) is 0 Å². The lowest BCUT2D eigenvalue weighted by Crippen LogP contribution is -2.50. The summed E-state index contributed by atoms with van der Waals surface area (Å²) in [6.45, 7) is 8.59. The number of nitrogens with zero attached hydrogens (tertiary/aromatic N) is 2. The molecule has 0 spiro atoms. The van der Waals surface area contributed by atoms with Crippen molar-refractivity contribution in [1.82, 2.24) is 15.2 Å². The summed E-state index contributed by atoms with van der Waals surface area (Å²) in [7, 11) is 1.74. The minimum absolute atomic E-state index is 0.0314. The first-order valence-corrected chi connectivity index (χ1v) is 16.3. The van der Waals surface area contributed by atoms with E-state index in [1.165, 1.54) is 0 Å². The number of amides is 3. The third-order valence-corrected chi connectivity index (χ3v) is 9.11. The van der Waals surface area contributed by atoms with Crippen LogP contribution in [0.5, 0.6) is 0 Å². The number of aromatic amines is 1. The van der Waals surface area contributed by atoms with E-state index in [4.69, 9.17) is 9.47 Å². The molecule has 0 radical (unpaired) electrons. The summed E-state index contributed by atoms with van der Waals surface area (Å²) in [5.41, 5.74) is 2.29. The molecule has 2 atom stereocenters. The largest absolute Gasteiger partial charge is 0.461 e. The molecule has 10 nitrogen and oxygen atoms in total. The number of alkyl carbamates (subject to hydrolysis) is 1. The van der Waals surface area contributed by atoms with Gasteiger partial charge in [-0.25, -0.2) is 9.59 Å². The molecule has 46 heavy (non-hydrogen) atoms. The Morgan fingerprint density at radius 1 is 0.978 bits per heavy atom. The van der Waals surface area contributed by atoms with Gasteiger partial charge in [0.05, 0.1) is 6.61 Å². The molecule has 5 rings (SSSR count). The van der Waals surface area contributed by atoms with Crippen LogP contribution in [0, 0.1) is 11.8 Å². The molecule has 3 amide bonds. The van der Waals surface area contributed by atoms with Crippen molar-refractivity contribution in [3.8, 4) is 0 Å². The average molecular weight is 631 g/mol. The molecule has 2 aromatic carbocycles. The number of likely N-dealkylation sites (N-methyl/N-ethyl adjacent to an activating group) is 1. The summed E-state index contributed by atoms with van der Waals surface area (Å²) >= 11 is 0. The van der Waals surface area contributed by atoms with Crippen LogP contribution in [0.15, 0.2) is 54.6 Å². The number of aromatic nitrogens is 1. The lowest BCUT2D eigenvalue weighted by molar-refractivity contribution is -0.142. The first-order chi connectivity index (χ1) is 21.9. The average Bonchev–Trinajstić information content (AvgIpc) is 3.67. The Bertz CT molecular complexity index is 1550. The molecule has 246 valence electrons. The van der Waals surface area contributed by atoms with Crippen LogP contribution < -0.4 is 10.2 Å². The summed E-state index contributed by atoms with van der Waals surface area (Å²) < 4.78 is 10.5. The van der Waals surface area contributed by atoms with Crippen molar-refractivity contribution in [2.45, 2.75) is 77.4 Å². The predicted octanol–water partition coefficient (Wildman–Crippen LogP) is 6.02. The van der Waals surface area contributed by atoms with Gasteiger partial charge in [-0.05, 0) is 95.5 Å². The summed E-state index contributed by atoms with van der Waals surface area (Å²) in [5, 5.41) is 3.66. The van der Waals surface area contributed by atoms with Gasteiger partial charge in [0.2, 0.25) is 11.8 Å².